The fourth-order valence-electron chi connectivity index (χ4n) is 4.77. The number of likely N-dealkylation sites (tertiary alicyclic amines) is 2. The van der Waals surface area contributed by atoms with Gasteiger partial charge in [-0.25, -0.2) is 0 Å². The van der Waals surface area contributed by atoms with Gasteiger partial charge in [0.1, 0.15) is 0 Å². The largest absolute Gasteiger partial charge is 0.381 e. The Kier molecular flexibility index (Phi) is 6.94. The predicted octanol–water partition coefficient (Wildman–Crippen LogP) is 1.15. The molecule has 0 unspecified atom stereocenters. The van der Waals surface area contributed by atoms with Crippen molar-refractivity contribution in [2.75, 3.05) is 60.0 Å². The van der Waals surface area contributed by atoms with E-state index >= 15 is 0 Å². The van der Waals surface area contributed by atoms with Crippen LogP contribution in [0.2, 0.25) is 0 Å². The molecule has 3 aliphatic rings. The fraction of sp³-hybridized carbons (Fsp3) is 0.950. The van der Waals surface area contributed by atoms with E-state index in [9.17, 15) is 4.79 Å². The number of likely N-dealkylation sites (N-methyl/N-ethyl adjacent to an activating group) is 1. The number of hydrogen-bond donors (Lipinski definition) is 1. The molecular formula is C20H38N4O2. The molecule has 0 atom stereocenters. The van der Waals surface area contributed by atoms with Crippen LogP contribution in [-0.2, 0) is 9.53 Å². The highest BCUT2D eigenvalue weighted by Gasteiger charge is 2.38. The van der Waals surface area contributed by atoms with Crippen LogP contribution in [0.3, 0.4) is 0 Å². The molecular weight excluding hydrogens is 328 g/mol. The number of carbonyl (C=O) groups excluding carboxylic acids is 1. The van der Waals surface area contributed by atoms with E-state index < -0.39 is 5.54 Å². The lowest BCUT2D eigenvalue weighted by molar-refractivity contribution is -0.139. The summed E-state index contributed by atoms with van der Waals surface area (Å²) >= 11 is 0. The molecule has 6 heteroatoms. The van der Waals surface area contributed by atoms with Crippen molar-refractivity contribution in [2.45, 2.75) is 56.5 Å². The van der Waals surface area contributed by atoms with Crippen molar-refractivity contribution in [1.29, 1.82) is 0 Å². The molecule has 0 aromatic heterocycles. The van der Waals surface area contributed by atoms with Gasteiger partial charge in [0.25, 0.3) is 0 Å². The van der Waals surface area contributed by atoms with Gasteiger partial charge in [-0.3, -0.25) is 4.79 Å². The molecule has 3 saturated heterocycles. The first-order valence-corrected chi connectivity index (χ1v) is 10.5. The molecule has 150 valence electrons. The van der Waals surface area contributed by atoms with E-state index in [1.807, 2.05) is 11.9 Å². The molecule has 3 heterocycles. The van der Waals surface area contributed by atoms with Gasteiger partial charge < -0.3 is 25.2 Å². The van der Waals surface area contributed by atoms with Crippen molar-refractivity contribution in [3.63, 3.8) is 0 Å². The highest BCUT2D eigenvalue weighted by Crippen LogP contribution is 2.26. The van der Waals surface area contributed by atoms with Gasteiger partial charge in [0.15, 0.2) is 0 Å². The van der Waals surface area contributed by atoms with Crippen LogP contribution in [0.4, 0.5) is 0 Å². The summed E-state index contributed by atoms with van der Waals surface area (Å²) in [6.07, 6.45) is 7.58. The van der Waals surface area contributed by atoms with E-state index in [2.05, 4.69) is 16.8 Å². The van der Waals surface area contributed by atoms with E-state index in [4.69, 9.17) is 10.5 Å². The Labute approximate surface area is 159 Å². The number of carbonyl (C=O) groups is 1. The second kappa shape index (κ2) is 9.00. The smallest absolute Gasteiger partial charge is 0.242 e. The first-order chi connectivity index (χ1) is 12.5. The van der Waals surface area contributed by atoms with E-state index in [1.165, 1.54) is 51.9 Å². The minimum absolute atomic E-state index is 0.101. The molecule has 0 spiro atoms. The van der Waals surface area contributed by atoms with Gasteiger partial charge in [-0.15, -0.1) is 0 Å². The highest BCUT2D eigenvalue weighted by molar-refractivity contribution is 5.86. The zero-order valence-electron chi connectivity index (χ0n) is 16.8. The van der Waals surface area contributed by atoms with Crippen molar-refractivity contribution in [3.8, 4) is 0 Å². The fourth-order valence-corrected chi connectivity index (χ4v) is 4.77. The van der Waals surface area contributed by atoms with Crippen LogP contribution in [0.1, 0.15) is 44.9 Å². The van der Waals surface area contributed by atoms with Gasteiger partial charge in [0.05, 0.1) is 5.54 Å². The number of piperidine rings is 2. The van der Waals surface area contributed by atoms with Gasteiger partial charge in [-0.1, -0.05) is 0 Å². The second-order valence-corrected chi connectivity index (χ2v) is 8.80. The SMILES string of the molecule is CN1CCC(N2CCC(CCN(C)C(=O)C3(N)CCOCC3)CC2)CC1. The number of ether oxygens (including phenoxy) is 1. The quantitative estimate of drug-likeness (QED) is 0.791. The monoisotopic (exact) mass is 366 g/mol. The molecule has 2 N–H and O–H groups in total. The maximum absolute atomic E-state index is 12.7. The van der Waals surface area contributed by atoms with Gasteiger partial charge in [0, 0.05) is 32.8 Å². The highest BCUT2D eigenvalue weighted by atomic mass is 16.5. The maximum Gasteiger partial charge on any atom is 0.242 e. The first kappa shape index (κ1) is 20.1. The summed E-state index contributed by atoms with van der Waals surface area (Å²) in [4.78, 5) is 19.7. The number of amides is 1. The van der Waals surface area contributed by atoms with E-state index in [-0.39, 0.29) is 5.91 Å². The minimum Gasteiger partial charge on any atom is -0.381 e. The summed E-state index contributed by atoms with van der Waals surface area (Å²) in [6, 6.07) is 0.794. The molecule has 3 fully saturated rings. The lowest BCUT2D eigenvalue weighted by atomic mass is 9.88. The van der Waals surface area contributed by atoms with Crippen LogP contribution in [0, 0.1) is 5.92 Å². The minimum atomic E-state index is -0.704. The predicted molar refractivity (Wildman–Crippen MR) is 104 cm³/mol. The van der Waals surface area contributed by atoms with Crippen LogP contribution in [0.15, 0.2) is 0 Å². The number of rotatable bonds is 5. The normalized spacial score (nSPS) is 26.7. The van der Waals surface area contributed by atoms with Crippen molar-refractivity contribution in [1.82, 2.24) is 14.7 Å². The lowest BCUT2D eigenvalue weighted by Gasteiger charge is -2.41. The van der Waals surface area contributed by atoms with Gasteiger partial charge in [0.2, 0.25) is 5.91 Å². The zero-order chi connectivity index (χ0) is 18.6. The van der Waals surface area contributed by atoms with Crippen LogP contribution >= 0.6 is 0 Å². The van der Waals surface area contributed by atoms with Gasteiger partial charge in [-0.2, -0.15) is 0 Å². The summed E-state index contributed by atoms with van der Waals surface area (Å²) in [6.45, 7) is 6.98. The molecule has 0 aromatic carbocycles. The molecule has 0 aliphatic carbocycles. The summed E-state index contributed by atoms with van der Waals surface area (Å²) in [5.74, 6) is 0.848. The number of nitrogens with two attached hydrogens (primary N) is 1. The Bertz CT molecular complexity index is 451. The lowest BCUT2D eigenvalue weighted by Crippen LogP contribution is -2.57. The molecule has 0 saturated carbocycles. The first-order valence-electron chi connectivity index (χ1n) is 10.5. The molecule has 1 amide bonds. The third-order valence-electron chi connectivity index (χ3n) is 6.88. The summed E-state index contributed by atoms with van der Waals surface area (Å²) in [5, 5.41) is 0. The third kappa shape index (κ3) is 4.97. The second-order valence-electron chi connectivity index (χ2n) is 8.80. The maximum atomic E-state index is 12.7. The average Bonchev–Trinajstić information content (AvgIpc) is 2.67. The van der Waals surface area contributed by atoms with E-state index in [1.54, 1.807) is 0 Å². The average molecular weight is 367 g/mol. The Morgan fingerprint density at radius 3 is 2.35 bits per heavy atom. The standard InChI is InChI=1S/C20H38N4O2/c1-22-10-6-18(7-11-22)24-13-4-17(5-14-24)3-12-23(2)19(25)20(21)8-15-26-16-9-20/h17-18H,3-16,21H2,1-2H3. The van der Waals surface area contributed by atoms with Crippen molar-refractivity contribution < 1.29 is 9.53 Å². The molecule has 0 bridgehead atoms. The molecule has 0 radical (unpaired) electrons. The van der Waals surface area contributed by atoms with Crippen LogP contribution < -0.4 is 5.73 Å². The summed E-state index contributed by atoms with van der Waals surface area (Å²) in [7, 11) is 4.14. The van der Waals surface area contributed by atoms with Crippen LogP contribution in [0.5, 0.6) is 0 Å². The van der Waals surface area contributed by atoms with E-state index in [0.29, 0.717) is 26.1 Å². The topological polar surface area (TPSA) is 62.0 Å². The molecule has 6 nitrogen and oxygen atoms in total. The van der Waals surface area contributed by atoms with Crippen molar-refractivity contribution in [3.05, 3.63) is 0 Å². The van der Waals surface area contributed by atoms with Crippen molar-refractivity contribution in [2.24, 2.45) is 11.7 Å². The molecule has 26 heavy (non-hydrogen) atoms. The Hall–Kier alpha value is -0.690. The summed E-state index contributed by atoms with van der Waals surface area (Å²) < 4.78 is 5.36. The number of nitrogens with zero attached hydrogens (tertiary/aromatic N) is 3. The Morgan fingerprint density at radius 1 is 1.12 bits per heavy atom. The third-order valence-corrected chi connectivity index (χ3v) is 6.88. The van der Waals surface area contributed by atoms with Crippen molar-refractivity contribution >= 4 is 5.91 Å². The number of hydrogen-bond acceptors (Lipinski definition) is 5. The summed E-state index contributed by atoms with van der Waals surface area (Å²) in [5.41, 5.74) is 5.64. The molecule has 3 aliphatic heterocycles. The van der Waals surface area contributed by atoms with Gasteiger partial charge >= 0.3 is 0 Å². The van der Waals surface area contributed by atoms with Gasteiger partial charge in [-0.05, 0) is 84.1 Å². The molecule has 0 aromatic rings. The zero-order valence-corrected chi connectivity index (χ0v) is 16.8. The Morgan fingerprint density at radius 2 is 1.73 bits per heavy atom. The Balaban J connectivity index is 1.37. The van der Waals surface area contributed by atoms with Crippen LogP contribution in [0.25, 0.3) is 0 Å². The van der Waals surface area contributed by atoms with E-state index in [0.717, 1.165) is 24.9 Å². The molecule has 3 rings (SSSR count). The van der Waals surface area contributed by atoms with Crippen LogP contribution in [-0.4, -0.2) is 92.2 Å².